The summed E-state index contributed by atoms with van der Waals surface area (Å²) in [5, 5.41) is 1.17. The summed E-state index contributed by atoms with van der Waals surface area (Å²) >= 11 is 0. The predicted octanol–water partition coefficient (Wildman–Crippen LogP) is 3.83. The van der Waals surface area contributed by atoms with Gasteiger partial charge in [-0.25, -0.2) is 9.97 Å². The molecule has 3 heterocycles. The van der Waals surface area contributed by atoms with Crippen LogP contribution >= 0.6 is 0 Å². The van der Waals surface area contributed by atoms with E-state index in [4.69, 9.17) is 9.97 Å². The minimum absolute atomic E-state index is 0.622. The lowest BCUT2D eigenvalue weighted by Crippen LogP contribution is -2.49. The van der Waals surface area contributed by atoms with Gasteiger partial charge in [0.1, 0.15) is 5.82 Å². The van der Waals surface area contributed by atoms with Crippen molar-refractivity contribution in [3.8, 4) is 11.3 Å². The number of hydrogen-bond donors (Lipinski definition) is 0. The molecule has 2 aromatic heterocycles. The van der Waals surface area contributed by atoms with E-state index >= 15 is 0 Å². The van der Waals surface area contributed by atoms with Crippen LogP contribution in [0.3, 0.4) is 0 Å². The number of hydrogen-bond acceptors (Lipinski definition) is 4. The van der Waals surface area contributed by atoms with Crippen LogP contribution in [0.2, 0.25) is 0 Å². The molecule has 0 N–H and O–H groups in total. The van der Waals surface area contributed by atoms with Crippen LogP contribution in [-0.2, 0) is 0 Å². The zero-order valence-electron chi connectivity index (χ0n) is 14.9. The molecule has 0 radical (unpaired) electrons. The second kappa shape index (κ2) is 6.81. The Bertz CT molecular complexity index is 849. The van der Waals surface area contributed by atoms with Gasteiger partial charge in [-0.1, -0.05) is 24.3 Å². The summed E-state index contributed by atoms with van der Waals surface area (Å²) in [6.07, 6.45) is 1.95. The molecule has 0 aliphatic carbocycles. The van der Waals surface area contributed by atoms with Crippen molar-refractivity contribution in [1.29, 1.82) is 0 Å². The van der Waals surface area contributed by atoms with Crippen LogP contribution < -0.4 is 4.90 Å². The van der Waals surface area contributed by atoms with Crippen LogP contribution in [-0.4, -0.2) is 47.1 Å². The van der Waals surface area contributed by atoms with Crippen LogP contribution in [0.25, 0.3) is 22.2 Å². The van der Waals surface area contributed by atoms with Crippen molar-refractivity contribution in [1.82, 2.24) is 14.9 Å². The molecule has 3 aromatic rings. The van der Waals surface area contributed by atoms with E-state index < -0.39 is 0 Å². The Labute approximate surface area is 149 Å². The molecule has 128 valence electrons. The molecule has 0 atom stereocenters. The molecule has 1 aromatic carbocycles. The van der Waals surface area contributed by atoms with E-state index in [9.17, 15) is 0 Å². The molecule has 4 nitrogen and oxygen atoms in total. The molecular weight excluding hydrogens is 308 g/mol. The van der Waals surface area contributed by atoms with Crippen molar-refractivity contribution in [3.63, 3.8) is 0 Å². The van der Waals surface area contributed by atoms with Gasteiger partial charge in [0.15, 0.2) is 0 Å². The van der Waals surface area contributed by atoms with Crippen LogP contribution in [0.5, 0.6) is 0 Å². The van der Waals surface area contributed by atoms with Gasteiger partial charge in [-0.15, -0.1) is 0 Å². The molecule has 0 saturated carbocycles. The van der Waals surface area contributed by atoms with Crippen LogP contribution in [0, 0.1) is 0 Å². The van der Waals surface area contributed by atoms with Crippen molar-refractivity contribution in [2.45, 2.75) is 19.9 Å². The average Bonchev–Trinajstić information content (AvgIpc) is 2.68. The highest BCUT2D eigenvalue weighted by molar-refractivity contribution is 5.81. The summed E-state index contributed by atoms with van der Waals surface area (Å²) in [4.78, 5) is 14.3. The summed E-state index contributed by atoms with van der Waals surface area (Å²) in [7, 11) is 0. The number of piperazine rings is 1. The smallest absolute Gasteiger partial charge is 0.128 e. The number of pyridine rings is 2. The van der Waals surface area contributed by atoms with E-state index in [1.807, 2.05) is 18.3 Å². The molecule has 4 heteroatoms. The van der Waals surface area contributed by atoms with Crippen molar-refractivity contribution in [2.24, 2.45) is 0 Å². The normalized spacial score (nSPS) is 15.9. The number of nitrogens with zero attached hydrogens (tertiary/aromatic N) is 4. The molecule has 0 amide bonds. The van der Waals surface area contributed by atoms with Gasteiger partial charge >= 0.3 is 0 Å². The maximum atomic E-state index is 4.76. The van der Waals surface area contributed by atoms with Crippen molar-refractivity contribution in [2.75, 3.05) is 31.1 Å². The first-order valence-corrected chi connectivity index (χ1v) is 9.02. The van der Waals surface area contributed by atoms with Gasteiger partial charge in [0, 0.05) is 49.4 Å². The molecule has 1 aliphatic heterocycles. The molecule has 25 heavy (non-hydrogen) atoms. The van der Waals surface area contributed by atoms with Gasteiger partial charge in [0.25, 0.3) is 0 Å². The minimum Gasteiger partial charge on any atom is -0.354 e. The monoisotopic (exact) mass is 332 g/mol. The van der Waals surface area contributed by atoms with Gasteiger partial charge in [0.2, 0.25) is 0 Å². The molecular formula is C21H24N4. The van der Waals surface area contributed by atoms with Crippen molar-refractivity contribution in [3.05, 3.63) is 54.7 Å². The third kappa shape index (κ3) is 3.35. The first kappa shape index (κ1) is 16.0. The molecule has 0 bridgehead atoms. The Morgan fingerprint density at radius 1 is 0.880 bits per heavy atom. The van der Waals surface area contributed by atoms with Crippen LogP contribution in [0.15, 0.2) is 54.7 Å². The molecule has 1 saturated heterocycles. The van der Waals surface area contributed by atoms with Gasteiger partial charge in [-0.3, -0.25) is 4.90 Å². The topological polar surface area (TPSA) is 32.3 Å². The highest BCUT2D eigenvalue weighted by atomic mass is 15.3. The third-order valence-corrected chi connectivity index (χ3v) is 5.01. The Balaban J connectivity index is 1.51. The van der Waals surface area contributed by atoms with Crippen molar-refractivity contribution >= 4 is 16.7 Å². The first-order valence-electron chi connectivity index (χ1n) is 9.02. The highest BCUT2D eigenvalue weighted by Gasteiger charge is 2.19. The largest absolute Gasteiger partial charge is 0.354 e. The second-order valence-corrected chi connectivity index (χ2v) is 6.91. The van der Waals surface area contributed by atoms with Crippen LogP contribution in [0.4, 0.5) is 5.82 Å². The van der Waals surface area contributed by atoms with E-state index in [1.54, 1.807) is 0 Å². The first-order chi connectivity index (χ1) is 12.2. The summed E-state index contributed by atoms with van der Waals surface area (Å²) < 4.78 is 0. The fraction of sp³-hybridized carbons (Fsp3) is 0.333. The lowest BCUT2D eigenvalue weighted by molar-refractivity contribution is 0.209. The summed E-state index contributed by atoms with van der Waals surface area (Å²) in [5.74, 6) is 1.06. The maximum absolute atomic E-state index is 4.76. The Hall–Kier alpha value is -2.46. The Kier molecular flexibility index (Phi) is 4.36. The van der Waals surface area contributed by atoms with Gasteiger partial charge in [0.05, 0.1) is 11.2 Å². The van der Waals surface area contributed by atoms with E-state index in [0.717, 1.165) is 48.8 Å². The standard InChI is InChI=1S/C21H24N4/c1-16(2)24-11-13-25(14-12-24)21-10-8-18(15-22-21)20-9-7-17-5-3-4-6-19(17)23-20/h3-10,15-16H,11-14H2,1-2H3. The van der Waals surface area contributed by atoms with Gasteiger partial charge < -0.3 is 4.90 Å². The lowest BCUT2D eigenvalue weighted by Gasteiger charge is -2.37. The maximum Gasteiger partial charge on any atom is 0.128 e. The number of fused-ring (bicyclic) bond motifs is 1. The highest BCUT2D eigenvalue weighted by Crippen LogP contribution is 2.23. The summed E-state index contributed by atoms with van der Waals surface area (Å²) in [6, 6.07) is 17.3. The number of aromatic nitrogens is 2. The molecule has 1 aliphatic rings. The summed E-state index contributed by atoms with van der Waals surface area (Å²) in [6.45, 7) is 8.82. The fourth-order valence-corrected chi connectivity index (χ4v) is 3.42. The Morgan fingerprint density at radius 3 is 2.40 bits per heavy atom. The van der Waals surface area contributed by atoms with E-state index in [0.29, 0.717) is 6.04 Å². The lowest BCUT2D eigenvalue weighted by atomic mass is 10.1. The van der Waals surface area contributed by atoms with Gasteiger partial charge in [-0.05, 0) is 38.1 Å². The SMILES string of the molecule is CC(C)N1CCN(c2ccc(-c3ccc4ccccc4n3)cn2)CC1. The average molecular weight is 332 g/mol. The zero-order valence-corrected chi connectivity index (χ0v) is 14.9. The number of rotatable bonds is 3. The van der Waals surface area contributed by atoms with Gasteiger partial charge in [-0.2, -0.15) is 0 Å². The fourth-order valence-electron chi connectivity index (χ4n) is 3.42. The molecule has 4 rings (SSSR count). The Morgan fingerprint density at radius 2 is 1.68 bits per heavy atom. The van der Waals surface area contributed by atoms with Crippen molar-refractivity contribution < 1.29 is 0 Å². The van der Waals surface area contributed by atoms with Crippen LogP contribution in [0.1, 0.15) is 13.8 Å². The molecule has 0 spiro atoms. The predicted molar refractivity (Wildman–Crippen MR) is 104 cm³/mol. The molecule has 0 unspecified atom stereocenters. The van der Waals surface area contributed by atoms with E-state index in [1.165, 1.54) is 5.39 Å². The second-order valence-electron chi connectivity index (χ2n) is 6.91. The quantitative estimate of drug-likeness (QED) is 0.730. The van der Waals surface area contributed by atoms with E-state index in [2.05, 4.69) is 60.0 Å². The summed E-state index contributed by atoms with van der Waals surface area (Å²) in [5.41, 5.74) is 3.06. The minimum atomic E-state index is 0.622. The molecule has 1 fully saturated rings. The number of benzene rings is 1. The zero-order chi connectivity index (χ0) is 17.2. The van der Waals surface area contributed by atoms with E-state index in [-0.39, 0.29) is 0 Å². The number of para-hydroxylation sites is 1. The number of anilines is 1. The third-order valence-electron chi connectivity index (χ3n) is 5.01.